The Morgan fingerprint density at radius 3 is 1.20 bits per heavy atom. The third-order valence-electron chi connectivity index (χ3n) is 0. The van der Waals surface area contributed by atoms with Gasteiger partial charge in [-0.3, -0.25) is 0 Å². The smallest absolute Gasteiger partial charge is 1.00 e. The number of rotatable bonds is 0. The second-order valence-corrected chi connectivity index (χ2v) is 0. The van der Waals surface area contributed by atoms with E-state index in [1.54, 1.807) is 0 Å². The van der Waals surface area contributed by atoms with E-state index >= 15 is 0 Å². The van der Waals surface area contributed by atoms with Crippen LogP contribution >= 0.6 is 0 Å². The van der Waals surface area contributed by atoms with Crippen molar-refractivity contribution < 1.29 is 82.8 Å². The summed E-state index contributed by atoms with van der Waals surface area (Å²) in [4.78, 5) is 0. The predicted molar refractivity (Wildman–Crippen MR) is 17.1 cm³/mol. The molecule has 0 rings (SSSR count). The summed E-state index contributed by atoms with van der Waals surface area (Å²) in [5.74, 6) is 0. The third-order valence-corrected chi connectivity index (χ3v) is 0. The molecule has 0 aromatic rings. The van der Waals surface area contributed by atoms with Crippen LogP contribution in [0.4, 0.5) is 0 Å². The van der Waals surface area contributed by atoms with Crippen LogP contribution < -0.4 is 18.9 Å². The predicted octanol–water partition coefficient (Wildman–Crippen LogP) is -3.20. The van der Waals surface area contributed by atoms with Gasteiger partial charge in [0.05, 0.1) is 0 Å². The van der Waals surface area contributed by atoms with Gasteiger partial charge in [-0.25, -0.2) is 0 Å². The Labute approximate surface area is 140 Å². The van der Waals surface area contributed by atoms with E-state index in [2.05, 4.69) is 0 Å². The summed E-state index contributed by atoms with van der Waals surface area (Å²) in [6.07, 6.45) is 0. The quantitative estimate of drug-likeness (QED) is 0.414. The van der Waals surface area contributed by atoms with E-state index in [4.69, 9.17) is 0 Å². The van der Waals surface area contributed by atoms with Gasteiger partial charge in [-0.05, 0) is 0 Å². The molecule has 0 fully saturated rings. The van der Waals surface area contributed by atoms with E-state index < -0.39 is 0 Å². The summed E-state index contributed by atoms with van der Waals surface area (Å²) < 4.78 is 0. The minimum absolute atomic E-state index is 0. The molecule has 0 aromatic carbocycles. The summed E-state index contributed by atoms with van der Waals surface area (Å²) in [5, 5.41) is 0. The average molecular weight is 309 g/mol. The van der Waals surface area contributed by atoms with Crippen LogP contribution in [0.1, 0.15) is 7.13 Å². The molecule has 0 saturated carbocycles. The van der Waals surface area contributed by atoms with Crippen molar-refractivity contribution in [1.82, 2.24) is 0 Å². The molecule has 0 saturated heterocycles. The van der Waals surface area contributed by atoms with Gasteiger partial charge in [0.2, 0.25) is 0 Å². The molecule has 0 nitrogen and oxygen atoms in total. The van der Waals surface area contributed by atoms with Crippen LogP contribution in [-0.4, -0.2) is 60.8 Å². The van der Waals surface area contributed by atoms with Crippen molar-refractivity contribution in [2.24, 2.45) is 0 Å². The van der Waals surface area contributed by atoms with Crippen molar-refractivity contribution in [2.45, 2.75) is 0 Å². The molecule has 0 atom stereocenters. The summed E-state index contributed by atoms with van der Waals surface area (Å²) in [6, 6.07) is 0. The summed E-state index contributed by atoms with van der Waals surface area (Å²) in [7, 11) is 0. The van der Waals surface area contributed by atoms with Crippen molar-refractivity contribution >= 4 is 60.8 Å². The standard InChI is InChI=1S/Ca.Er.Li.Mg.Zn.5H/q+2;;+1;+2;;5*-1. The van der Waals surface area contributed by atoms with Gasteiger partial charge >= 0.3 is 79.7 Å². The molecule has 0 aliphatic carbocycles. The van der Waals surface area contributed by atoms with Crippen molar-refractivity contribution in [1.29, 1.82) is 0 Å². The zero-order valence-electron chi connectivity index (χ0n) is 8.41. The molecule has 0 amide bonds. The van der Waals surface area contributed by atoms with Crippen LogP contribution in [0.5, 0.6) is 0 Å². The van der Waals surface area contributed by atoms with Gasteiger partial charge in [0.25, 0.3) is 0 Å². The monoisotopic (exact) mass is 306 g/mol. The molecular weight excluding hydrogens is 304 g/mol. The van der Waals surface area contributed by atoms with Crippen LogP contribution in [0.2, 0.25) is 0 Å². The van der Waals surface area contributed by atoms with Gasteiger partial charge in [-0.15, -0.1) is 0 Å². The maximum absolute atomic E-state index is 0. The molecule has 5 heteroatoms. The fourth-order valence-electron chi connectivity index (χ4n) is 0. The van der Waals surface area contributed by atoms with Gasteiger partial charge in [0.1, 0.15) is 0 Å². The Bertz CT molecular complexity index is 21.6. The van der Waals surface area contributed by atoms with E-state index in [9.17, 15) is 0 Å². The van der Waals surface area contributed by atoms with Crippen molar-refractivity contribution in [2.75, 3.05) is 0 Å². The fraction of sp³-hybridized carbons (Fsp3) is 0. The van der Waals surface area contributed by atoms with Crippen molar-refractivity contribution in [3.05, 3.63) is 0 Å². The first-order valence-corrected chi connectivity index (χ1v) is 0. The van der Waals surface area contributed by atoms with E-state index in [0.717, 1.165) is 0 Å². The summed E-state index contributed by atoms with van der Waals surface area (Å²) in [5.41, 5.74) is 0. The van der Waals surface area contributed by atoms with Crippen LogP contribution in [0, 0.1) is 37.3 Å². The van der Waals surface area contributed by atoms with E-state index in [1.165, 1.54) is 0 Å². The van der Waals surface area contributed by atoms with Gasteiger partial charge in [-0.1, -0.05) is 0 Å². The minimum atomic E-state index is 0. The van der Waals surface area contributed by atoms with Crippen molar-refractivity contribution in [3.8, 4) is 0 Å². The number of hydrogen-bond acceptors (Lipinski definition) is 0. The van der Waals surface area contributed by atoms with Crippen LogP contribution in [-0.2, 0) is 19.5 Å². The van der Waals surface area contributed by atoms with Gasteiger partial charge in [0, 0.05) is 56.8 Å². The molecule has 0 N–H and O–H groups in total. The Hall–Kier alpha value is 4.49. The Kier molecular flexibility index (Phi) is 160. The van der Waals surface area contributed by atoms with Crippen molar-refractivity contribution in [3.63, 3.8) is 0 Å². The molecule has 0 heterocycles. The topological polar surface area (TPSA) is 0 Å². The molecule has 0 bridgehead atoms. The Balaban J connectivity index is 0. The van der Waals surface area contributed by atoms with Gasteiger partial charge in [0.15, 0.2) is 0 Å². The van der Waals surface area contributed by atoms with Crippen LogP contribution in [0.3, 0.4) is 0 Å². The molecule has 5 heavy (non-hydrogen) atoms. The van der Waals surface area contributed by atoms with E-state index in [0.29, 0.717) is 0 Å². The molecule has 0 aliphatic heterocycles. The minimum Gasteiger partial charge on any atom is -1.00 e. The molecular formula is H5CaErLiMgZn. The van der Waals surface area contributed by atoms with E-state index in [-0.39, 0.29) is 144 Å². The SMILES string of the molecule is [Ca+2].[Er].[H-].[H-].[H-].[H-].[H-].[Li+].[Mg+2].[Zn]. The summed E-state index contributed by atoms with van der Waals surface area (Å²) in [6.45, 7) is 0. The second kappa shape index (κ2) is 23.6. The van der Waals surface area contributed by atoms with Crippen LogP contribution in [0.15, 0.2) is 0 Å². The van der Waals surface area contributed by atoms with Gasteiger partial charge in [-0.2, -0.15) is 0 Å². The average Bonchev–Trinajstić information content (AvgIpc) is 0. The normalized spacial score (nSPS) is 0. The fourth-order valence-corrected chi connectivity index (χ4v) is 0. The number of hydrogen-bond donors (Lipinski definition) is 0. The molecule has 0 aromatic heterocycles. The van der Waals surface area contributed by atoms with Gasteiger partial charge < -0.3 is 7.13 Å². The second-order valence-electron chi connectivity index (χ2n) is 0. The molecule has 0 spiro atoms. The van der Waals surface area contributed by atoms with Crippen LogP contribution in [0.25, 0.3) is 0 Å². The maximum atomic E-state index is 0. The molecule has 24 valence electrons. The molecule has 0 unspecified atom stereocenters. The Morgan fingerprint density at radius 2 is 1.20 bits per heavy atom. The third kappa shape index (κ3) is 17.7. The first kappa shape index (κ1) is 33.9. The Morgan fingerprint density at radius 1 is 1.20 bits per heavy atom. The zero-order valence-corrected chi connectivity index (χ0v) is 11.9. The largest absolute Gasteiger partial charge is 2.00 e. The molecule has 0 aliphatic rings. The summed E-state index contributed by atoms with van der Waals surface area (Å²) >= 11 is 0. The zero-order chi connectivity index (χ0) is 0. The first-order chi connectivity index (χ1) is 0. The van der Waals surface area contributed by atoms with E-state index in [1.807, 2.05) is 0 Å². The maximum Gasteiger partial charge on any atom is 2.00 e. The molecule has 0 radical (unpaired) electrons. The first-order valence-electron chi connectivity index (χ1n) is 0.